The number of aliphatic hydroxyl groups is 1. The average Bonchev–Trinajstić information content (AvgIpc) is 2.91. The second-order valence-electron chi connectivity index (χ2n) is 9.59. The van der Waals surface area contributed by atoms with Gasteiger partial charge in [0.2, 0.25) is 0 Å². The largest absolute Gasteiger partial charge is 0.497 e. The number of anilines is 1. The van der Waals surface area contributed by atoms with Crippen molar-refractivity contribution in [2.24, 2.45) is 0 Å². The Balaban J connectivity index is 1.72. The Morgan fingerprint density at radius 2 is 1.85 bits per heavy atom. The lowest BCUT2D eigenvalue weighted by atomic mass is 10.0. The van der Waals surface area contributed by atoms with Gasteiger partial charge >= 0.3 is 0 Å². The van der Waals surface area contributed by atoms with Crippen LogP contribution in [0, 0.1) is 5.82 Å². The molecule has 1 unspecified atom stereocenters. The predicted molar refractivity (Wildman–Crippen MR) is 144 cm³/mol. The molecule has 0 saturated carbocycles. The summed E-state index contributed by atoms with van der Waals surface area (Å²) in [5.74, 6) is -0.438. The van der Waals surface area contributed by atoms with Crippen LogP contribution in [0.2, 0.25) is 0 Å². The van der Waals surface area contributed by atoms with Gasteiger partial charge in [-0.3, -0.25) is 9.10 Å². The molecule has 1 amide bonds. The fourth-order valence-corrected chi connectivity index (χ4v) is 5.68. The molecule has 0 fully saturated rings. The Bertz CT molecular complexity index is 1470. The highest BCUT2D eigenvalue weighted by Gasteiger charge is 2.35. The van der Waals surface area contributed by atoms with Crippen molar-refractivity contribution in [1.29, 1.82) is 0 Å². The molecule has 0 spiro atoms. The average molecular weight is 559 g/mol. The molecule has 0 saturated heterocycles. The van der Waals surface area contributed by atoms with Gasteiger partial charge in [0.25, 0.3) is 15.9 Å². The van der Waals surface area contributed by atoms with Crippen LogP contribution in [0.25, 0.3) is 11.1 Å². The Kier molecular flexibility index (Phi) is 8.03. The molecule has 0 aliphatic carbocycles. The highest BCUT2D eigenvalue weighted by atomic mass is 32.2. The molecular weight excluding hydrogens is 527 g/mol. The van der Waals surface area contributed by atoms with Crippen molar-refractivity contribution in [1.82, 2.24) is 5.32 Å². The molecule has 4 rings (SSSR count). The van der Waals surface area contributed by atoms with Crippen molar-refractivity contribution in [3.05, 3.63) is 66.5 Å². The fourth-order valence-electron chi connectivity index (χ4n) is 4.16. The molecule has 3 aromatic rings. The standard InChI is InChI=1S/C28H31FN2O7S/c1-28(2,33)27(32)30-13-12-21-17-31(39(34,35)22-9-10-23(29)26(16-22)37-4)24-15-19(8-11-25(24)38-21)18-6-5-7-20(14-18)36-3/h5-11,14-16,21,33H,12-13,17H2,1-4H3,(H,30,32). The molecule has 1 aliphatic heterocycles. The Labute approximate surface area is 227 Å². The van der Waals surface area contributed by atoms with Gasteiger partial charge in [-0.2, -0.15) is 0 Å². The third-order valence-electron chi connectivity index (χ3n) is 6.31. The molecule has 1 heterocycles. The van der Waals surface area contributed by atoms with Gasteiger partial charge in [-0.1, -0.05) is 18.2 Å². The number of methoxy groups -OCH3 is 2. The van der Waals surface area contributed by atoms with Crippen LogP contribution in [0.1, 0.15) is 20.3 Å². The van der Waals surface area contributed by atoms with Crippen LogP contribution in [0.5, 0.6) is 17.2 Å². The number of benzene rings is 3. The third-order valence-corrected chi connectivity index (χ3v) is 8.09. The number of nitrogens with zero attached hydrogens (tertiary/aromatic N) is 1. The summed E-state index contributed by atoms with van der Waals surface area (Å²) in [7, 11) is -1.35. The molecule has 0 bridgehead atoms. The van der Waals surface area contributed by atoms with Crippen molar-refractivity contribution < 1.29 is 36.9 Å². The SMILES string of the molecule is COc1cccc(-c2ccc3c(c2)N(S(=O)(=O)c2ccc(F)c(OC)c2)CC(CCNC(=O)C(C)(C)O)O3)c1. The van der Waals surface area contributed by atoms with E-state index in [1.165, 1.54) is 31.3 Å². The molecule has 3 aromatic carbocycles. The van der Waals surface area contributed by atoms with E-state index in [1.807, 2.05) is 30.3 Å². The van der Waals surface area contributed by atoms with E-state index >= 15 is 0 Å². The molecule has 0 radical (unpaired) electrons. The second-order valence-corrected chi connectivity index (χ2v) is 11.5. The quantitative estimate of drug-likeness (QED) is 0.411. The van der Waals surface area contributed by atoms with Gasteiger partial charge in [0.1, 0.15) is 23.2 Å². The van der Waals surface area contributed by atoms with Crippen LogP contribution in [-0.2, 0) is 14.8 Å². The van der Waals surface area contributed by atoms with Gasteiger partial charge in [0.05, 0.1) is 31.3 Å². The van der Waals surface area contributed by atoms with Crippen molar-refractivity contribution in [3.8, 4) is 28.4 Å². The first-order chi connectivity index (χ1) is 18.4. The number of nitrogens with one attached hydrogen (secondary N) is 1. The minimum Gasteiger partial charge on any atom is -0.497 e. The Morgan fingerprint density at radius 1 is 1.10 bits per heavy atom. The summed E-state index contributed by atoms with van der Waals surface area (Å²) in [4.78, 5) is 11.9. The van der Waals surface area contributed by atoms with E-state index in [-0.39, 0.29) is 30.2 Å². The van der Waals surface area contributed by atoms with E-state index < -0.39 is 33.5 Å². The molecule has 39 heavy (non-hydrogen) atoms. The van der Waals surface area contributed by atoms with Gasteiger partial charge < -0.3 is 24.6 Å². The van der Waals surface area contributed by atoms with E-state index in [0.717, 1.165) is 23.3 Å². The van der Waals surface area contributed by atoms with E-state index in [0.29, 0.717) is 17.2 Å². The summed E-state index contributed by atoms with van der Waals surface area (Å²) in [5.41, 5.74) is 0.321. The van der Waals surface area contributed by atoms with E-state index in [4.69, 9.17) is 14.2 Å². The van der Waals surface area contributed by atoms with Gasteiger partial charge in [0.15, 0.2) is 11.6 Å². The van der Waals surface area contributed by atoms with Gasteiger partial charge in [-0.25, -0.2) is 12.8 Å². The maximum atomic E-state index is 14.1. The third kappa shape index (κ3) is 6.10. The molecule has 11 heteroatoms. The molecule has 208 valence electrons. The Hall–Kier alpha value is -3.83. The van der Waals surface area contributed by atoms with E-state index in [1.54, 1.807) is 19.2 Å². The zero-order valence-electron chi connectivity index (χ0n) is 22.1. The number of ether oxygens (including phenoxy) is 3. The number of halogens is 1. The van der Waals surface area contributed by atoms with Crippen molar-refractivity contribution in [2.45, 2.75) is 36.9 Å². The number of sulfonamides is 1. The highest BCUT2D eigenvalue weighted by Crippen LogP contribution is 2.41. The van der Waals surface area contributed by atoms with Crippen LogP contribution in [0.3, 0.4) is 0 Å². The van der Waals surface area contributed by atoms with Crippen LogP contribution in [0.4, 0.5) is 10.1 Å². The number of carbonyl (C=O) groups is 1. The predicted octanol–water partition coefficient (Wildman–Crippen LogP) is 3.74. The van der Waals surface area contributed by atoms with Gasteiger partial charge in [-0.15, -0.1) is 0 Å². The first-order valence-electron chi connectivity index (χ1n) is 12.3. The minimum absolute atomic E-state index is 0.0605. The molecule has 9 nitrogen and oxygen atoms in total. The lowest BCUT2D eigenvalue weighted by Gasteiger charge is -2.36. The number of amides is 1. The maximum absolute atomic E-state index is 14.1. The fraction of sp³-hybridized carbons (Fsp3) is 0.321. The zero-order chi connectivity index (χ0) is 28.4. The summed E-state index contributed by atoms with van der Waals surface area (Å²) < 4.78 is 59.6. The smallest absolute Gasteiger partial charge is 0.264 e. The maximum Gasteiger partial charge on any atom is 0.264 e. The molecule has 1 atom stereocenters. The minimum atomic E-state index is -4.18. The summed E-state index contributed by atoms with van der Waals surface area (Å²) >= 11 is 0. The number of hydrogen-bond donors (Lipinski definition) is 2. The second kappa shape index (κ2) is 11.1. The lowest BCUT2D eigenvalue weighted by molar-refractivity contribution is -0.136. The van der Waals surface area contributed by atoms with Crippen LogP contribution in [0.15, 0.2) is 65.6 Å². The summed E-state index contributed by atoms with van der Waals surface area (Å²) in [6.45, 7) is 2.85. The number of rotatable bonds is 9. The number of carbonyl (C=O) groups excluding carboxylic acids is 1. The van der Waals surface area contributed by atoms with Gasteiger partial charge in [-0.05, 0) is 61.4 Å². The van der Waals surface area contributed by atoms with E-state index in [9.17, 15) is 22.7 Å². The van der Waals surface area contributed by atoms with Gasteiger partial charge in [0, 0.05) is 19.0 Å². The summed E-state index contributed by atoms with van der Waals surface area (Å²) in [6.07, 6.45) is -0.336. The Morgan fingerprint density at radius 3 is 2.54 bits per heavy atom. The molecular formula is C28H31FN2O7S. The summed E-state index contributed by atoms with van der Waals surface area (Å²) in [5, 5.41) is 12.5. The topological polar surface area (TPSA) is 114 Å². The van der Waals surface area contributed by atoms with Crippen molar-refractivity contribution >= 4 is 21.6 Å². The monoisotopic (exact) mass is 558 g/mol. The van der Waals surface area contributed by atoms with Crippen molar-refractivity contribution in [2.75, 3.05) is 31.6 Å². The number of hydrogen-bond acceptors (Lipinski definition) is 7. The first kappa shape index (κ1) is 28.2. The lowest BCUT2D eigenvalue weighted by Crippen LogP contribution is -2.46. The van der Waals surface area contributed by atoms with Crippen LogP contribution >= 0.6 is 0 Å². The highest BCUT2D eigenvalue weighted by molar-refractivity contribution is 7.92. The normalized spacial score (nSPS) is 15.2. The summed E-state index contributed by atoms with van der Waals surface area (Å²) in [6, 6.07) is 16.0. The molecule has 1 aliphatic rings. The first-order valence-corrected chi connectivity index (χ1v) is 13.7. The zero-order valence-corrected chi connectivity index (χ0v) is 22.9. The number of fused-ring (bicyclic) bond motifs is 1. The van der Waals surface area contributed by atoms with E-state index in [2.05, 4.69) is 5.32 Å². The molecule has 2 N–H and O–H groups in total. The van der Waals surface area contributed by atoms with Crippen LogP contribution < -0.4 is 23.8 Å². The molecule has 0 aromatic heterocycles. The van der Waals surface area contributed by atoms with Crippen LogP contribution in [-0.4, -0.2) is 58.4 Å². The van der Waals surface area contributed by atoms with Crippen molar-refractivity contribution in [3.63, 3.8) is 0 Å².